The highest BCUT2D eigenvalue weighted by atomic mass is 127. The maximum absolute atomic E-state index is 12.9. The first kappa shape index (κ1) is 25.3. The SMILES string of the molecule is FC(F)(F)c1ccc(-c2ccc(-c3ccc4cc(-c5ccc(-c6ccc(I)cc6)cc5)cnc4c3)cc2)cc1. The van der Waals surface area contributed by atoms with E-state index in [0.717, 1.165) is 56.4 Å². The molecule has 0 amide bonds. The molecule has 6 rings (SSSR count). The van der Waals surface area contributed by atoms with Crippen molar-refractivity contribution < 1.29 is 13.2 Å². The number of halogens is 4. The molecule has 0 saturated carbocycles. The summed E-state index contributed by atoms with van der Waals surface area (Å²) in [7, 11) is 0. The van der Waals surface area contributed by atoms with Crippen LogP contribution in [0.3, 0.4) is 0 Å². The van der Waals surface area contributed by atoms with E-state index < -0.39 is 11.7 Å². The molecule has 1 nitrogen and oxygen atoms in total. The smallest absolute Gasteiger partial charge is 0.256 e. The van der Waals surface area contributed by atoms with Crippen LogP contribution in [-0.4, -0.2) is 4.98 Å². The molecule has 5 heteroatoms. The molecule has 0 radical (unpaired) electrons. The molecular formula is C34H21F3IN. The van der Waals surface area contributed by atoms with Crippen molar-refractivity contribution in [3.63, 3.8) is 0 Å². The van der Waals surface area contributed by atoms with Gasteiger partial charge in [0.2, 0.25) is 0 Å². The highest BCUT2D eigenvalue weighted by molar-refractivity contribution is 14.1. The second kappa shape index (κ2) is 10.3. The Morgan fingerprint density at radius 1 is 0.462 bits per heavy atom. The third kappa shape index (κ3) is 5.45. The third-order valence-electron chi connectivity index (χ3n) is 6.84. The van der Waals surface area contributed by atoms with Crippen molar-refractivity contribution in [2.24, 2.45) is 0 Å². The zero-order chi connectivity index (χ0) is 27.0. The van der Waals surface area contributed by atoms with Crippen LogP contribution in [0.4, 0.5) is 13.2 Å². The quantitative estimate of drug-likeness (QED) is 0.177. The monoisotopic (exact) mass is 627 g/mol. The molecule has 1 heterocycles. The largest absolute Gasteiger partial charge is 0.416 e. The number of pyridine rings is 1. The van der Waals surface area contributed by atoms with Crippen LogP contribution in [0, 0.1) is 3.57 Å². The first-order valence-corrected chi connectivity index (χ1v) is 13.5. The minimum atomic E-state index is -4.33. The molecule has 0 unspecified atom stereocenters. The van der Waals surface area contributed by atoms with Crippen LogP contribution >= 0.6 is 22.6 Å². The molecule has 0 fully saturated rings. The summed E-state index contributed by atoms with van der Waals surface area (Å²) in [5.41, 5.74) is 8.46. The molecule has 0 atom stereocenters. The lowest BCUT2D eigenvalue weighted by atomic mass is 9.98. The Morgan fingerprint density at radius 2 is 0.872 bits per heavy atom. The van der Waals surface area contributed by atoms with E-state index in [1.54, 1.807) is 0 Å². The zero-order valence-corrected chi connectivity index (χ0v) is 22.7. The lowest BCUT2D eigenvalue weighted by Gasteiger charge is -2.09. The highest BCUT2D eigenvalue weighted by Gasteiger charge is 2.29. The first-order valence-electron chi connectivity index (χ1n) is 12.4. The summed E-state index contributed by atoms with van der Waals surface area (Å²) >= 11 is 2.31. The molecule has 0 aliphatic heterocycles. The van der Waals surface area contributed by atoms with Gasteiger partial charge in [-0.3, -0.25) is 4.98 Å². The van der Waals surface area contributed by atoms with Crippen molar-refractivity contribution in [2.75, 3.05) is 0 Å². The average molecular weight is 627 g/mol. The molecule has 39 heavy (non-hydrogen) atoms. The van der Waals surface area contributed by atoms with Crippen LogP contribution in [0.5, 0.6) is 0 Å². The Bertz CT molecular complexity index is 1760. The van der Waals surface area contributed by atoms with Gasteiger partial charge in [0.25, 0.3) is 0 Å². The van der Waals surface area contributed by atoms with Crippen LogP contribution in [0.15, 0.2) is 128 Å². The van der Waals surface area contributed by atoms with Gasteiger partial charge in [-0.15, -0.1) is 0 Å². The number of rotatable bonds is 4. The Hall–Kier alpha value is -3.97. The van der Waals surface area contributed by atoms with Crippen molar-refractivity contribution in [1.82, 2.24) is 4.98 Å². The van der Waals surface area contributed by atoms with E-state index >= 15 is 0 Å². The van der Waals surface area contributed by atoms with Gasteiger partial charge in [-0.05, 0) is 97.9 Å². The maximum atomic E-state index is 12.9. The van der Waals surface area contributed by atoms with Gasteiger partial charge >= 0.3 is 6.18 Å². The Balaban J connectivity index is 1.22. The molecule has 0 bridgehead atoms. The van der Waals surface area contributed by atoms with E-state index in [2.05, 4.69) is 95.4 Å². The van der Waals surface area contributed by atoms with Crippen LogP contribution in [-0.2, 0) is 6.18 Å². The van der Waals surface area contributed by atoms with Crippen molar-refractivity contribution in [2.45, 2.75) is 6.18 Å². The second-order valence-corrected chi connectivity index (χ2v) is 10.6. The number of aromatic nitrogens is 1. The summed E-state index contributed by atoms with van der Waals surface area (Å²) in [5, 5.41) is 1.05. The molecule has 0 N–H and O–H groups in total. The summed E-state index contributed by atoms with van der Waals surface area (Å²) in [5.74, 6) is 0. The maximum Gasteiger partial charge on any atom is 0.416 e. The van der Waals surface area contributed by atoms with Gasteiger partial charge in [-0.2, -0.15) is 13.2 Å². The number of alkyl halides is 3. The van der Waals surface area contributed by atoms with Crippen molar-refractivity contribution >= 4 is 33.5 Å². The van der Waals surface area contributed by atoms with Crippen LogP contribution in [0.2, 0.25) is 0 Å². The molecular weight excluding hydrogens is 606 g/mol. The van der Waals surface area contributed by atoms with Gasteiger partial charge in [0.15, 0.2) is 0 Å². The van der Waals surface area contributed by atoms with E-state index in [-0.39, 0.29) is 0 Å². The lowest BCUT2D eigenvalue weighted by Crippen LogP contribution is -2.03. The van der Waals surface area contributed by atoms with Gasteiger partial charge in [0, 0.05) is 20.7 Å². The number of hydrogen-bond donors (Lipinski definition) is 0. The van der Waals surface area contributed by atoms with E-state index in [0.29, 0.717) is 0 Å². The minimum Gasteiger partial charge on any atom is -0.256 e. The van der Waals surface area contributed by atoms with Gasteiger partial charge in [-0.1, -0.05) is 84.9 Å². The number of hydrogen-bond acceptors (Lipinski definition) is 1. The van der Waals surface area contributed by atoms with Gasteiger partial charge in [0.1, 0.15) is 0 Å². The molecule has 0 saturated heterocycles. The Kier molecular flexibility index (Phi) is 6.69. The van der Waals surface area contributed by atoms with Crippen molar-refractivity contribution in [1.29, 1.82) is 0 Å². The highest BCUT2D eigenvalue weighted by Crippen LogP contribution is 2.33. The standard InChI is InChI=1S/C34H21F3IN/c35-34(36,37)31-15-11-24(12-16-31)22-1-5-26(6-2-22)28-9-10-29-19-30(21-39-33(29)20-28)27-7-3-23(4-8-27)25-13-17-32(38)18-14-25/h1-21H. The molecule has 0 aliphatic carbocycles. The fourth-order valence-corrected chi connectivity index (χ4v) is 5.02. The molecule has 190 valence electrons. The predicted octanol–water partition coefficient (Wildman–Crippen LogP) is 10.5. The summed E-state index contributed by atoms with van der Waals surface area (Å²) in [4.78, 5) is 4.73. The van der Waals surface area contributed by atoms with Crippen LogP contribution in [0.1, 0.15) is 5.56 Å². The predicted molar refractivity (Wildman–Crippen MR) is 161 cm³/mol. The number of benzene rings is 5. The van der Waals surface area contributed by atoms with Crippen LogP contribution < -0.4 is 0 Å². The molecule has 0 spiro atoms. The third-order valence-corrected chi connectivity index (χ3v) is 7.56. The topological polar surface area (TPSA) is 12.9 Å². The van der Waals surface area contributed by atoms with Crippen molar-refractivity contribution in [3.8, 4) is 44.5 Å². The molecule has 6 aromatic rings. The first-order chi connectivity index (χ1) is 18.8. The molecule has 1 aromatic heterocycles. The van der Waals surface area contributed by atoms with E-state index in [1.807, 2.05) is 30.5 Å². The van der Waals surface area contributed by atoms with Crippen molar-refractivity contribution in [3.05, 3.63) is 137 Å². The second-order valence-electron chi connectivity index (χ2n) is 9.37. The molecule has 5 aromatic carbocycles. The van der Waals surface area contributed by atoms with E-state index in [4.69, 9.17) is 4.98 Å². The summed E-state index contributed by atoms with van der Waals surface area (Å²) < 4.78 is 39.8. The van der Waals surface area contributed by atoms with Gasteiger partial charge in [0.05, 0.1) is 11.1 Å². The fourth-order valence-electron chi connectivity index (χ4n) is 4.66. The average Bonchev–Trinajstić information content (AvgIpc) is 2.97. The van der Waals surface area contributed by atoms with Crippen LogP contribution in [0.25, 0.3) is 55.4 Å². The Morgan fingerprint density at radius 3 is 1.38 bits per heavy atom. The normalized spacial score (nSPS) is 11.6. The van der Waals surface area contributed by atoms with E-state index in [1.165, 1.54) is 26.8 Å². The summed E-state index contributed by atoms with van der Waals surface area (Å²) in [6.45, 7) is 0. The number of nitrogens with zero attached hydrogens (tertiary/aromatic N) is 1. The summed E-state index contributed by atoms with van der Waals surface area (Å²) in [6, 6.07) is 38.4. The Labute approximate surface area is 238 Å². The summed E-state index contributed by atoms with van der Waals surface area (Å²) in [6.07, 6.45) is -2.43. The van der Waals surface area contributed by atoms with E-state index in [9.17, 15) is 13.2 Å². The zero-order valence-electron chi connectivity index (χ0n) is 20.6. The fraction of sp³-hybridized carbons (Fsp3) is 0.0294. The van der Waals surface area contributed by atoms with Gasteiger partial charge < -0.3 is 0 Å². The number of fused-ring (bicyclic) bond motifs is 1. The lowest BCUT2D eigenvalue weighted by molar-refractivity contribution is -0.137. The minimum absolute atomic E-state index is 0.645. The molecule has 0 aliphatic rings. The van der Waals surface area contributed by atoms with Gasteiger partial charge in [-0.25, -0.2) is 0 Å².